The number of benzene rings is 2. The number of carbonyl (C=O) groups is 1. The van der Waals surface area contributed by atoms with Crippen LogP contribution in [0.15, 0.2) is 40.9 Å². The molecule has 1 amide bonds. The van der Waals surface area contributed by atoms with Gasteiger partial charge < -0.3 is 19.5 Å². The first kappa shape index (κ1) is 15.7. The molecule has 0 saturated heterocycles. The van der Waals surface area contributed by atoms with E-state index in [0.29, 0.717) is 36.8 Å². The van der Waals surface area contributed by atoms with Gasteiger partial charge in [0.2, 0.25) is 0 Å². The standard InChI is InChI=1S/C17H16BrNO4/c1-21-12-3-4-14(18)13(9-12)17(20)19-10-11-2-5-15-16(8-11)23-7-6-22-15/h2-5,8-9H,6-7,10H2,1H3,(H,19,20). The molecule has 2 aromatic carbocycles. The average Bonchev–Trinajstić information content (AvgIpc) is 2.60. The summed E-state index contributed by atoms with van der Waals surface area (Å²) in [7, 11) is 1.57. The third-order valence-corrected chi connectivity index (χ3v) is 4.17. The lowest BCUT2D eigenvalue weighted by molar-refractivity contribution is 0.0949. The Morgan fingerprint density at radius 2 is 1.96 bits per heavy atom. The first-order valence-corrected chi connectivity index (χ1v) is 7.97. The Balaban J connectivity index is 1.69. The van der Waals surface area contributed by atoms with Crippen LogP contribution in [0.4, 0.5) is 0 Å². The van der Waals surface area contributed by atoms with Crippen LogP contribution in [0.5, 0.6) is 17.2 Å². The first-order chi connectivity index (χ1) is 11.2. The largest absolute Gasteiger partial charge is 0.497 e. The van der Waals surface area contributed by atoms with Crippen LogP contribution < -0.4 is 19.5 Å². The molecule has 120 valence electrons. The van der Waals surface area contributed by atoms with E-state index in [1.807, 2.05) is 18.2 Å². The van der Waals surface area contributed by atoms with E-state index in [1.54, 1.807) is 25.3 Å². The normalized spacial score (nSPS) is 12.6. The van der Waals surface area contributed by atoms with Crippen LogP contribution in [0.1, 0.15) is 15.9 Å². The van der Waals surface area contributed by atoms with Crippen molar-refractivity contribution in [1.82, 2.24) is 5.32 Å². The lowest BCUT2D eigenvalue weighted by Crippen LogP contribution is -2.23. The maximum absolute atomic E-state index is 12.3. The molecule has 5 nitrogen and oxygen atoms in total. The van der Waals surface area contributed by atoms with Crippen molar-refractivity contribution >= 4 is 21.8 Å². The van der Waals surface area contributed by atoms with E-state index >= 15 is 0 Å². The molecular weight excluding hydrogens is 362 g/mol. The Morgan fingerprint density at radius 1 is 1.17 bits per heavy atom. The molecule has 1 heterocycles. The number of rotatable bonds is 4. The summed E-state index contributed by atoms with van der Waals surface area (Å²) in [4.78, 5) is 12.3. The maximum atomic E-state index is 12.3. The Labute approximate surface area is 142 Å². The van der Waals surface area contributed by atoms with Crippen LogP contribution >= 0.6 is 15.9 Å². The first-order valence-electron chi connectivity index (χ1n) is 7.17. The van der Waals surface area contributed by atoms with E-state index < -0.39 is 0 Å². The van der Waals surface area contributed by atoms with Crippen molar-refractivity contribution < 1.29 is 19.0 Å². The molecule has 0 atom stereocenters. The van der Waals surface area contributed by atoms with Gasteiger partial charge in [-0.25, -0.2) is 0 Å². The van der Waals surface area contributed by atoms with E-state index in [4.69, 9.17) is 14.2 Å². The van der Waals surface area contributed by atoms with Crippen molar-refractivity contribution in [2.45, 2.75) is 6.54 Å². The summed E-state index contributed by atoms with van der Waals surface area (Å²) in [6.07, 6.45) is 0. The topological polar surface area (TPSA) is 56.8 Å². The highest BCUT2D eigenvalue weighted by atomic mass is 79.9. The van der Waals surface area contributed by atoms with Gasteiger partial charge in [-0.1, -0.05) is 6.07 Å². The van der Waals surface area contributed by atoms with Gasteiger partial charge in [0.25, 0.3) is 5.91 Å². The number of carbonyl (C=O) groups excluding carboxylic acids is 1. The lowest BCUT2D eigenvalue weighted by atomic mass is 10.1. The Kier molecular flexibility index (Phi) is 4.71. The summed E-state index contributed by atoms with van der Waals surface area (Å²) >= 11 is 3.38. The molecule has 2 aromatic rings. The molecule has 1 N–H and O–H groups in total. The smallest absolute Gasteiger partial charge is 0.252 e. The van der Waals surface area contributed by atoms with Crippen molar-refractivity contribution in [3.63, 3.8) is 0 Å². The second kappa shape index (κ2) is 6.91. The quantitative estimate of drug-likeness (QED) is 0.888. The van der Waals surface area contributed by atoms with Crippen molar-refractivity contribution in [2.24, 2.45) is 0 Å². The molecule has 0 aromatic heterocycles. The number of hydrogen-bond acceptors (Lipinski definition) is 4. The minimum Gasteiger partial charge on any atom is -0.497 e. The molecule has 0 saturated carbocycles. The van der Waals surface area contributed by atoms with Crippen LogP contribution in [-0.2, 0) is 6.54 Å². The van der Waals surface area contributed by atoms with Gasteiger partial charge in [-0.3, -0.25) is 4.79 Å². The summed E-state index contributed by atoms with van der Waals surface area (Å²) in [5.41, 5.74) is 1.48. The van der Waals surface area contributed by atoms with E-state index in [9.17, 15) is 4.79 Å². The van der Waals surface area contributed by atoms with Gasteiger partial charge >= 0.3 is 0 Å². The van der Waals surface area contributed by atoms with Gasteiger partial charge in [-0.15, -0.1) is 0 Å². The average molecular weight is 378 g/mol. The molecule has 1 aliphatic heterocycles. The number of hydrogen-bond donors (Lipinski definition) is 1. The second-order valence-electron chi connectivity index (χ2n) is 5.01. The SMILES string of the molecule is COc1ccc(Br)c(C(=O)NCc2ccc3c(c2)OCCO3)c1. The van der Waals surface area contributed by atoms with Gasteiger partial charge in [0, 0.05) is 11.0 Å². The highest BCUT2D eigenvalue weighted by molar-refractivity contribution is 9.10. The zero-order valence-corrected chi connectivity index (χ0v) is 14.2. The molecule has 0 fully saturated rings. The monoisotopic (exact) mass is 377 g/mol. The Hall–Kier alpha value is -2.21. The third-order valence-electron chi connectivity index (χ3n) is 3.48. The Morgan fingerprint density at radius 3 is 2.74 bits per heavy atom. The van der Waals surface area contributed by atoms with Gasteiger partial charge in [-0.05, 0) is 51.8 Å². The summed E-state index contributed by atoms with van der Waals surface area (Å²) < 4.78 is 16.9. The highest BCUT2D eigenvalue weighted by Crippen LogP contribution is 2.30. The zero-order valence-electron chi connectivity index (χ0n) is 12.6. The van der Waals surface area contributed by atoms with Gasteiger partial charge in [0.05, 0.1) is 12.7 Å². The number of amides is 1. The molecule has 0 radical (unpaired) electrons. The number of methoxy groups -OCH3 is 1. The van der Waals surface area contributed by atoms with Gasteiger partial charge in [0.15, 0.2) is 11.5 Å². The fraction of sp³-hybridized carbons (Fsp3) is 0.235. The molecule has 3 rings (SSSR count). The number of nitrogens with one attached hydrogen (secondary N) is 1. The number of fused-ring (bicyclic) bond motifs is 1. The fourth-order valence-electron chi connectivity index (χ4n) is 2.28. The van der Waals surface area contributed by atoms with Crippen LogP contribution in [-0.4, -0.2) is 26.2 Å². The van der Waals surface area contributed by atoms with Crippen molar-refractivity contribution in [3.05, 3.63) is 52.0 Å². The van der Waals surface area contributed by atoms with Crippen molar-refractivity contribution in [1.29, 1.82) is 0 Å². The second-order valence-corrected chi connectivity index (χ2v) is 5.86. The van der Waals surface area contributed by atoms with Crippen molar-refractivity contribution in [3.8, 4) is 17.2 Å². The minimum absolute atomic E-state index is 0.175. The third kappa shape index (κ3) is 3.59. The molecule has 1 aliphatic rings. The molecule has 23 heavy (non-hydrogen) atoms. The van der Waals surface area contributed by atoms with Crippen LogP contribution in [0.2, 0.25) is 0 Å². The zero-order chi connectivity index (χ0) is 16.2. The molecule has 0 aliphatic carbocycles. The molecule has 0 spiro atoms. The van der Waals surface area contributed by atoms with E-state index in [0.717, 1.165) is 15.8 Å². The summed E-state index contributed by atoms with van der Waals surface area (Å²) in [5, 5.41) is 2.89. The van der Waals surface area contributed by atoms with E-state index in [-0.39, 0.29) is 5.91 Å². The number of halogens is 1. The summed E-state index contributed by atoms with van der Waals surface area (Å²) in [5.74, 6) is 1.91. The van der Waals surface area contributed by atoms with Gasteiger partial charge in [0.1, 0.15) is 19.0 Å². The van der Waals surface area contributed by atoms with Gasteiger partial charge in [-0.2, -0.15) is 0 Å². The predicted octanol–water partition coefficient (Wildman–Crippen LogP) is 3.16. The lowest BCUT2D eigenvalue weighted by Gasteiger charge is -2.19. The maximum Gasteiger partial charge on any atom is 0.252 e. The predicted molar refractivity (Wildman–Crippen MR) is 89.3 cm³/mol. The number of ether oxygens (including phenoxy) is 3. The van der Waals surface area contributed by atoms with Crippen LogP contribution in [0, 0.1) is 0 Å². The highest BCUT2D eigenvalue weighted by Gasteiger charge is 2.14. The molecule has 0 unspecified atom stereocenters. The molecular formula is C17H16BrNO4. The minimum atomic E-state index is -0.175. The summed E-state index contributed by atoms with van der Waals surface area (Å²) in [6.45, 7) is 1.51. The van der Waals surface area contributed by atoms with E-state index in [1.165, 1.54) is 0 Å². The fourth-order valence-corrected chi connectivity index (χ4v) is 2.71. The van der Waals surface area contributed by atoms with Crippen LogP contribution in [0.25, 0.3) is 0 Å². The molecule has 0 bridgehead atoms. The van der Waals surface area contributed by atoms with Crippen LogP contribution in [0.3, 0.4) is 0 Å². The Bertz CT molecular complexity index is 733. The van der Waals surface area contributed by atoms with E-state index in [2.05, 4.69) is 21.2 Å². The summed E-state index contributed by atoms with van der Waals surface area (Å²) in [6, 6.07) is 10.9. The molecule has 6 heteroatoms. The van der Waals surface area contributed by atoms with Crippen molar-refractivity contribution in [2.75, 3.05) is 20.3 Å².